The predicted molar refractivity (Wildman–Crippen MR) is 82.1 cm³/mol. The van der Waals surface area contributed by atoms with Crippen LogP contribution in [-0.2, 0) is 0 Å². The van der Waals surface area contributed by atoms with Gasteiger partial charge in [-0.15, -0.1) is 0 Å². The van der Waals surface area contributed by atoms with E-state index in [0.717, 1.165) is 23.6 Å². The lowest BCUT2D eigenvalue weighted by Gasteiger charge is -2.51. The molecule has 4 atom stereocenters. The summed E-state index contributed by atoms with van der Waals surface area (Å²) in [6, 6.07) is 0. The van der Waals surface area contributed by atoms with Crippen LogP contribution in [0.15, 0.2) is 0 Å². The molecule has 1 heterocycles. The van der Waals surface area contributed by atoms with Crippen LogP contribution in [0.4, 0.5) is 0 Å². The molecular formula is C15H30N2S. The summed E-state index contributed by atoms with van der Waals surface area (Å²) < 4.78 is 0. The normalized spacial score (nSPS) is 43.0. The highest BCUT2D eigenvalue weighted by molar-refractivity contribution is 8.00. The van der Waals surface area contributed by atoms with Crippen LogP contribution in [0.25, 0.3) is 0 Å². The van der Waals surface area contributed by atoms with E-state index in [1.165, 1.54) is 44.5 Å². The van der Waals surface area contributed by atoms with E-state index in [2.05, 4.69) is 37.4 Å². The highest BCUT2D eigenvalue weighted by atomic mass is 32.2. The Morgan fingerprint density at radius 1 is 1.33 bits per heavy atom. The minimum atomic E-state index is 0.320. The maximum atomic E-state index is 6.22. The van der Waals surface area contributed by atoms with Gasteiger partial charge in [0.2, 0.25) is 0 Å². The molecule has 2 nitrogen and oxygen atoms in total. The SMILES string of the molecule is CCC1CN(C2(CN)CCC(C)C(C)C2)CCS1. The summed E-state index contributed by atoms with van der Waals surface area (Å²) in [5, 5.41) is 0.830. The first-order valence-electron chi connectivity index (χ1n) is 7.68. The quantitative estimate of drug-likeness (QED) is 0.855. The number of thioether (sulfide) groups is 1. The van der Waals surface area contributed by atoms with E-state index in [4.69, 9.17) is 5.73 Å². The van der Waals surface area contributed by atoms with Crippen molar-refractivity contribution in [1.82, 2.24) is 4.90 Å². The first-order chi connectivity index (χ1) is 8.61. The number of nitrogens with two attached hydrogens (primary N) is 1. The molecule has 1 saturated carbocycles. The highest BCUT2D eigenvalue weighted by Gasteiger charge is 2.42. The standard InChI is InChI=1S/C15H30N2S/c1-4-14-10-17(7-8-18-14)15(11-16)6-5-12(2)13(3)9-15/h12-14H,4-11,16H2,1-3H3. The second-order valence-electron chi connectivity index (χ2n) is 6.47. The monoisotopic (exact) mass is 270 g/mol. The van der Waals surface area contributed by atoms with Gasteiger partial charge in [0, 0.05) is 36.2 Å². The molecule has 0 aromatic rings. The molecule has 4 unspecified atom stereocenters. The second kappa shape index (κ2) is 6.15. The van der Waals surface area contributed by atoms with Crippen molar-refractivity contribution in [2.45, 2.75) is 57.2 Å². The summed E-state index contributed by atoms with van der Waals surface area (Å²) >= 11 is 2.16. The molecule has 2 N–H and O–H groups in total. The van der Waals surface area contributed by atoms with Crippen LogP contribution in [0.1, 0.15) is 46.5 Å². The van der Waals surface area contributed by atoms with E-state index in [1.54, 1.807) is 0 Å². The third-order valence-corrected chi connectivity index (χ3v) is 6.76. The van der Waals surface area contributed by atoms with E-state index in [1.807, 2.05) is 0 Å². The van der Waals surface area contributed by atoms with Crippen molar-refractivity contribution in [2.24, 2.45) is 17.6 Å². The first-order valence-corrected chi connectivity index (χ1v) is 8.73. The Bertz CT molecular complexity index is 271. The molecule has 0 bridgehead atoms. The topological polar surface area (TPSA) is 29.3 Å². The number of rotatable bonds is 3. The van der Waals surface area contributed by atoms with Gasteiger partial charge in [-0.2, -0.15) is 11.8 Å². The molecule has 3 heteroatoms. The van der Waals surface area contributed by atoms with Gasteiger partial charge in [0.05, 0.1) is 0 Å². The fourth-order valence-electron chi connectivity index (χ4n) is 3.68. The van der Waals surface area contributed by atoms with Gasteiger partial charge in [0.1, 0.15) is 0 Å². The van der Waals surface area contributed by atoms with Crippen LogP contribution in [0.3, 0.4) is 0 Å². The lowest BCUT2D eigenvalue weighted by atomic mass is 9.70. The number of hydrogen-bond donors (Lipinski definition) is 1. The number of nitrogens with zero attached hydrogens (tertiary/aromatic N) is 1. The van der Waals surface area contributed by atoms with Crippen LogP contribution in [0.2, 0.25) is 0 Å². The van der Waals surface area contributed by atoms with Crippen molar-refractivity contribution in [3.63, 3.8) is 0 Å². The van der Waals surface area contributed by atoms with E-state index in [9.17, 15) is 0 Å². The molecule has 0 aromatic heterocycles. The minimum Gasteiger partial charge on any atom is -0.329 e. The average molecular weight is 270 g/mol. The van der Waals surface area contributed by atoms with Gasteiger partial charge in [-0.1, -0.05) is 20.8 Å². The van der Waals surface area contributed by atoms with Crippen LogP contribution in [-0.4, -0.2) is 41.1 Å². The largest absolute Gasteiger partial charge is 0.329 e. The molecule has 2 fully saturated rings. The van der Waals surface area contributed by atoms with Crippen LogP contribution < -0.4 is 5.73 Å². The molecule has 1 aliphatic carbocycles. The zero-order valence-electron chi connectivity index (χ0n) is 12.3. The fraction of sp³-hybridized carbons (Fsp3) is 1.00. The maximum Gasteiger partial charge on any atom is 0.0335 e. The van der Waals surface area contributed by atoms with E-state index in [0.29, 0.717) is 5.54 Å². The highest BCUT2D eigenvalue weighted by Crippen LogP contribution is 2.41. The van der Waals surface area contributed by atoms with Gasteiger partial charge >= 0.3 is 0 Å². The summed E-state index contributed by atoms with van der Waals surface area (Å²) in [5.74, 6) is 3.01. The van der Waals surface area contributed by atoms with Crippen molar-refractivity contribution < 1.29 is 0 Å². The first kappa shape index (κ1) is 14.7. The second-order valence-corrected chi connectivity index (χ2v) is 7.88. The molecule has 2 aliphatic rings. The van der Waals surface area contributed by atoms with Crippen molar-refractivity contribution in [3.05, 3.63) is 0 Å². The third-order valence-electron chi connectivity index (χ3n) is 5.38. The zero-order valence-corrected chi connectivity index (χ0v) is 13.1. The lowest BCUT2D eigenvalue weighted by molar-refractivity contribution is 0.0233. The average Bonchev–Trinajstić information content (AvgIpc) is 2.42. The molecule has 1 saturated heterocycles. The third kappa shape index (κ3) is 2.88. The minimum absolute atomic E-state index is 0.320. The van der Waals surface area contributed by atoms with Gasteiger partial charge in [-0.05, 0) is 37.5 Å². The van der Waals surface area contributed by atoms with Crippen molar-refractivity contribution in [1.29, 1.82) is 0 Å². The Morgan fingerprint density at radius 3 is 2.72 bits per heavy atom. The summed E-state index contributed by atoms with van der Waals surface area (Å²) in [5.41, 5.74) is 6.53. The Hall–Kier alpha value is 0.270. The lowest BCUT2D eigenvalue weighted by Crippen LogP contribution is -2.60. The Kier molecular flexibility index (Phi) is 5.01. The van der Waals surface area contributed by atoms with E-state index in [-0.39, 0.29) is 0 Å². The van der Waals surface area contributed by atoms with Crippen molar-refractivity contribution in [3.8, 4) is 0 Å². The molecular weight excluding hydrogens is 240 g/mol. The molecule has 106 valence electrons. The predicted octanol–water partition coefficient (Wildman–Crippen LogP) is 2.97. The van der Waals surface area contributed by atoms with Crippen LogP contribution in [0.5, 0.6) is 0 Å². The molecule has 1 aliphatic heterocycles. The Balaban J connectivity index is 2.07. The van der Waals surface area contributed by atoms with Gasteiger partial charge in [0.25, 0.3) is 0 Å². The van der Waals surface area contributed by atoms with E-state index < -0.39 is 0 Å². The molecule has 0 spiro atoms. The summed E-state index contributed by atoms with van der Waals surface area (Å²) in [6.45, 7) is 10.5. The van der Waals surface area contributed by atoms with Crippen LogP contribution in [0, 0.1) is 11.8 Å². The smallest absolute Gasteiger partial charge is 0.0335 e. The molecule has 18 heavy (non-hydrogen) atoms. The number of hydrogen-bond acceptors (Lipinski definition) is 3. The van der Waals surface area contributed by atoms with Crippen molar-refractivity contribution >= 4 is 11.8 Å². The zero-order chi connectivity index (χ0) is 13.2. The fourth-order valence-corrected chi connectivity index (χ4v) is 4.86. The molecule has 0 aromatic carbocycles. The Morgan fingerprint density at radius 2 is 2.11 bits per heavy atom. The molecule has 0 amide bonds. The van der Waals surface area contributed by atoms with Crippen molar-refractivity contribution in [2.75, 3.05) is 25.4 Å². The van der Waals surface area contributed by atoms with E-state index >= 15 is 0 Å². The molecule has 0 radical (unpaired) electrons. The van der Waals surface area contributed by atoms with Gasteiger partial charge in [-0.3, -0.25) is 4.90 Å². The van der Waals surface area contributed by atoms with Crippen LogP contribution >= 0.6 is 11.8 Å². The van der Waals surface area contributed by atoms with Gasteiger partial charge in [-0.25, -0.2) is 0 Å². The molecule has 2 rings (SSSR count). The van der Waals surface area contributed by atoms with Gasteiger partial charge in [0.15, 0.2) is 0 Å². The van der Waals surface area contributed by atoms with Gasteiger partial charge < -0.3 is 5.73 Å². The summed E-state index contributed by atoms with van der Waals surface area (Å²) in [6.07, 6.45) is 5.29. The summed E-state index contributed by atoms with van der Waals surface area (Å²) in [7, 11) is 0. The Labute approximate surface area is 117 Å². The maximum absolute atomic E-state index is 6.22. The summed E-state index contributed by atoms with van der Waals surface area (Å²) in [4.78, 5) is 2.75.